The zero-order valence-corrected chi connectivity index (χ0v) is 10.3. The lowest BCUT2D eigenvalue weighted by Gasteiger charge is -2.07. The fourth-order valence-electron chi connectivity index (χ4n) is 1.58. The van der Waals surface area contributed by atoms with Gasteiger partial charge in [0.25, 0.3) is 0 Å². The molecule has 0 bridgehead atoms. The van der Waals surface area contributed by atoms with Crippen molar-refractivity contribution < 1.29 is 9.21 Å². The Kier molecular flexibility index (Phi) is 4.02. The third-order valence-corrected chi connectivity index (χ3v) is 2.62. The monoisotopic (exact) mass is 244 g/mol. The molecule has 0 atom stereocenters. The highest BCUT2D eigenvalue weighted by molar-refractivity contribution is 5.89. The van der Waals surface area contributed by atoms with Crippen LogP contribution < -0.4 is 10.6 Å². The second kappa shape index (κ2) is 5.91. The molecule has 2 N–H and O–H groups in total. The molecule has 4 nitrogen and oxygen atoms in total. The first-order valence-corrected chi connectivity index (χ1v) is 5.94. The second-order valence-corrected chi connectivity index (χ2v) is 3.94. The predicted molar refractivity (Wildman–Crippen MR) is 70.4 cm³/mol. The third-order valence-electron chi connectivity index (χ3n) is 2.62. The molecule has 2 aromatic rings. The van der Waals surface area contributed by atoms with E-state index in [1.54, 1.807) is 12.3 Å². The molecular formula is C14H16N2O2. The zero-order chi connectivity index (χ0) is 12.8. The summed E-state index contributed by atoms with van der Waals surface area (Å²) < 4.78 is 5.12. The number of hydrogen-bond donors (Lipinski definition) is 2. The first-order valence-electron chi connectivity index (χ1n) is 5.94. The Morgan fingerprint density at radius 3 is 2.61 bits per heavy atom. The first kappa shape index (κ1) is 12.2. The molecule has 4 heteroatoms. The van der Waals surface area contributed by atoms with E-state index in [0.29, 0.717) is 6.54 Å². The van der Waals surface area contributed by atoms with Crippen molar-refractivity contribution in [1.29, 1.82) is 0 Å². The fourth-order valence-corrected chi connectivity index (χ4v) is 1.58. The largest absolute Gasteiger partial charge is 0.467 e. The summed E-state index contributed by atoms with van der Waals surface area (Å²) in [7, 11) is 0. The molecule has 0 radical (unpaired) electrons. The number of anilines is 1. The van der Waals surface area contributed by atoms with Crippen LogP contribution in [0.2, 0.25) is 0 Å². The Morgan fingerprint density at radius 1 is 1.22 bits per heavy atom. The summed E-state index contributed by atoms with van der Waals surface area (Å²) in [6.07, 6.45) is 2.57. The van der Waals surface area contributed by atoms with Crippen molar-refractivity contribution in [2.45, 2.75) is 19.9 Å². The summed E-state index contributed by atoms with van der Waals surface area (Å²) in [5.74, 6) is 0.728. The second-order valence-electron chi connectivity index (χ2n) is 3.94. The molecule has 0 aliphatic rings. The van der Waals surface area contributed by atoms with E-state index < -0.39 is 0 Å². The third kappa shape index (κ3) is 3.38. The van der Waals surface area contributed by atoms with Crippen molar-refractivity contribution in [3.05, 3.63) is 54.0 Å². The van der Waals surface area contributed by atoms with Gasteiger partial charge in [0.05, 0.1) is 12.8 Å². The summed E-state index contributed by atoms with van der Waals surface area (Å²) >= 11 is 0. The summed E-state index contributed by atoms with van der Waals surface area (Å²) in [5, 5.41) is 5.48. The van der Waals surface area contributed by atoms with Crippen molar-refractivity contribution in [3.8, 4) is 0 Å². The van der Waals surface area contributed by atoms with E-state index in [1.165, 1.54) is 5.56 Å². The van der Waals surface area contributed by atoms with Gasteiger partial charge in [0.2, 0.25) is 0 Å². The molecule has 94 valence electrons. The number of amides is 2. The van der Waals surface area contributed by atoms with E-state index in [2.05, 4.69) is 17.6 Å². The zero-order valence-electron chi connectivity index (χ0n) is 10.3. The van der Waals surface area contributed by atoms with Gasteiger partial charge in [0, 0.05) is 5.69 Å². The number of nitrogens with one attached hydrogen (secondary N) is 2. The number of carbonyl (C=O) groups is 1. The van der Waals surface area contributed by atoms with Crippen LogP contribution in [0.25, 0.3) is 0 Å². The maximum atomic E-state index is 11.6. The maximum Gasteiger partial charge on any atom is 0.319 e. The Labute approximate surface area is 106 Å². The number of carbonyl (C=O) groups excluding carboxylic acids is 1. The predicted octanol–water partition coefficient (Wildman–Crippen LogP) is 3.16. The van der Waals surface area contributed by atoms with E-state index >= 15 is 0 Å². The van der Waals surface area contributed by atoms with Gasteiger partial charge in [0.15, 0.2) is 0 Å². The van der Waals surface area contributed by atoms with Crippen molar-refractivity contribution in [3.63, 3.8) is 0 Å². The smallest absolute Gasteiger partial charge is 0.319 e. The molecule has 0 saturated heterocycles. The van der Waals surface area contributed by atoms with Crippen LogP contribution in [-0.4, -0.2) is 6.03 Å². The van der Waals surface area contributed by atoms with Crippen molar-refractivity contribution in [2.24, 2.45) is 0 Å². The van der Waals surface area contributed by atoms with Gasteiger partial charge in [-0.2, -0.15) is 0 Å². The minimum absolute atomic E-state index is 0.240. The molecule has 0 unspecified atom stereocenters. The first-order chi connectivity index (χ1) is 8.78. The lowest BCUT2D eigenvalue weighted by molar-refractivity contribution is 0.251. The molecule has 0 aliphatic carbocycles. The highest BCUT2D eigenvalue weighted by Gasteiger charge is 2.02. The number of aryl methyl sites for hydroxylation is 1. The molecule has 0 spiro atoms. The normalized spacial score (nSPS) is 10.1. The Bertz CT molecular complexity index is 489. The SMILES string of the molecule is CCc1ccc(NC(=O)NCc2ccco2)cc1. The summed E-state index contributed by atoms with van der Waals surface area (Å²) in [4.78, 5) is 11.6. The van der Waals surface area contributed by atoms with Crippen LogP contribution in [0.4, 0.5) is 10.5 Å². The molecule has 1 heterocycles. The molecule has 2 amide bonds. The van der Waals surface area contributed by atoms with Crippen molar-refractivity contribution in [2.75, 3.05) is 5.32 Å². The van der Waals surface area contributed by atoms with E-state index in [4.69, 9.17) is 4.42 Å². The Balaban J connectivity index is 1.83. The minimum Gasteiger partial charge on any atom is -0.467 e. The fraction of sp³-hybridized carbons (Fsp3) is 0.214. The van der Waals surface area contributed by atoms with Gasteiger partial charge in [-0.05, 0) is 36.2 Å². The van der Waals surface area contributed by atoms with Crippen molar-refractivity contribution >= 4 is 11.7 Å². The van der Waals surface area contributed by atoms with Gasteiger partial charge in [0.1, 0.15) is 5.76 Å². The molecule has 1 aromatic heterocycles. The Morgan fingerprint density at radius 2 is 2.00 bits per heavy atom. The molecular weight excluding hydrogens is 228 g/mol. The van der Waals surface area contributed by atoms with Crippen LogP contribution in [0.3, 0.4) is 0 Å². The lowest BCUT2D eigenvalue weighted by atomic mass is 10.1. The molecule has 0 saturated carbocycles. The van der Waals surface area contributed by atoms with Crippen LogP contribution in [0.5, 0.6) is 0 Å². The van der Waals surface area contributed by atoms with Crippen LogP contribution >= 0.6 is 0 Å². The molecule has 18 heavy (non-hydrogen) atoms. The van der Waals surface area contributed by atoms with Gasteiger partial charge >= 0.3 is 6.03 Å². The molecule has 0 fully saturated rings. The lowest BCUT2D eigenvalue weighted by Crippen LogP contribution is -2.27. The number of furan rings is 1. The van der Waals surface area contributed by atoms with Gasteiger partial charge in [-0.25, -0.2) is 4.79 Å². The van der Waals surface area contributed by atoms with E-state index in [-0.39, 0.29) is 6.03 Å². The molecule has 0 aliphatic heterocycles. The van der Waals surface area contributed by atoms with Gasteiger partial charge < -0.3 is 15.1 Å². The van der Waals surface area contributed by atoms with Crippen LogP contribution in [0.15, 0.2) is 47.1 Å². The standard InChI is InChI=1S/C14H16N2O2/c1-2-11-5-7-12(8-6-11)16-14(17)15-10-13-4-3-9-18-13/h3-9H,2,10H2,1H3,(H2,15,16,17). The highest BCUT2D eigenvalue weighted by atomic mass is 16.3. The number of hydrogen-bond acceptors (Lipinski definition) is 2. The molecule has 1 aromatic carbocycles. The highest BCUT2D eigenvalue weighted by Crippen LogP contribution is 2.09. The van der Waals surface area contributed by atoms with Gasteiger partial charge in [-0.3, -0.25) is 0 Å². The van der Waals surface area contributed by atoms with E-state index in [1.807, 2.05) is 30.3 Å². The quantitative estimate of drug-likeness (QED) is 0.868. The van der Waals surface area contributed by atoms with E-state index in [9.17, 15) is 4.79 Å². The minimum atomic E-state index is -0.240. The maximum absolute atomic E-state index is 11.6. The Hall–Kier alpha value is -2.23. The number of rotatable bonds is 4. The van der Waals surface area contributed by atoms with Crippen molar-refractivity contribution in [1.82, 2.24) is 5.32 Å². The van der Waals surface area contributed by atoms with E-state index in [0.717, 1.165) is 17.9 Å². The number of benzene rings is 1. The van der Waals surface area contributed by atoms with Gasteiger partial charge in [-0.1, -0.05) is 19.1 Å². The summed E-state index contributed by atoms with van der Waals surface area (Å²) in [6.45, 7) is 2.48. The van der Waals surface area contributed by atoms with Crippen LogP contribution in [0, 0.1) is 0 Å². The molecule has 2 rings (SSSR count). The van der Waals surface area contributed by atoms with Crippen LogP contribution in [-0.2, 0) is 13.0 Å². The number of urea groups is 1. The average Bonchev–Trinajstić information content (AvgIpc) is 2.90. The van der Waals surface area contributed by atoms with Gasteiger partial charge in [-0.15, -0.1) is 0 Å². The van der Waals surface area contributed by atoms with Crippen LogP contribution in [0.1, 0.15) is 18.2 Å². The summed E-state index contributed by atoms with van der Waals surface area (Å²) in [5.41, 5.74) is 2.03. The average molecular weight is 244 g/mol. The summed E-state index contributed by atoms with van der Waals surface area (Å²) in [6, 6.07) is 11.2. The topological polar surface area (TPSA) is 54.3 Å².